The lowest BCUT2D eigenvalue weighted by Crippen LogP contribution is -2.49. The average molecular weight is 469 g/mol. The van der Waals surface area contributed by atoms with Crippen molar-refractivity contribution < 1.29 is 8.42 Å². The Balaban J connectivity index is 1.31. The summed E-state index contributed by atoms with van der Waals surface area (Å²) in [6.07, 6.45) is 1.60. The highest BCUT2D eigenvalue weighted by molar-refractivity contribution is 7.89. The predicted molar refractivity (Wildman–Crippen MR) is 128 cm³/mol. The first-order valence-electron chi connectivity index (χ1n) is 10.5. The molecular weight excluding hydrogens is 444 g/mol. The fraction of sp³-hybridized carbons (Fsp3) is 0.304. The summed E-state index contributed by atoms with van der Waals surface area (Å²) in [5, 5.41) is 2.62. The minimum atomic E-state index is -3.56. The molecule has 2 aromatic carbocycles. The first kappa shape index (κ1) is 21.3. The molecule has 5 rings (SSSR count). The van der Waals surface area contributed by atoms with Gasteiger partial charge in [0.2, 0.25) is 10.0 Å². The van der Waals surface area contributed by atoms with Crippen LogP contribution in [-0.2, 0) is 16.7 Å². The van der Waals surface area contributed by atoms with Crippen molar-refractivity contribution in [3.05, 3.63) is 69.6 Å². The number of piperazine rings is 1. The summed E-state index contributed by atoms with van der Waals surface area (Å²) >= 11 is 1.54. The lowest BCUT2D eigenvalue weighted by molar-refractivity contribution is 0.150. The number of thiophene rings is 1. The summed E-state index contributed by atoms with van der Waals surface area (Å²) in [5.41, 5.74) is 0.950. The number of hydrogen-bond donors (Lipinski definition) is 0. The van der Waals surface area contributed by atoms with E-state index in [4.69, 9.17) is 0 Å². The van der Waals surface area contributed by atoms with Crippen LogP contribution in [0.1, 0.15) is 10.4 Å². The second-order valence-corrected chi connectivity index (χ2v) is 11.3. The van der Waals surface area contributed by atoms with Crippen LogP contribution in [0.4, 0.5) is 0 Å². The van der Waals surface area contributed by atoms with Crippen molar-refractivity contribution in [3.63, 3.8) is 0 Å². The van der Waals surface area contributed by atoms with Gasteiger partial charge in [0.1, 0.15) is 11.2 Å². The number of fused-ring (bicyclic) bond motifs is 2. The molecule has 0 saturated carbocycles. The molecule has 4 aromatic rings. The van der Waals surface area contributed by atoms with E-state index in [-0.39, 0.29) is 5.56 Å². The van der Waals surface area contributed by atoms with Gasteiger partial charge >= 0.3 is 0 Å². The maximum Gasteiger partial charge on any atom is 0.263 e. The van der Waals surface area contributed by atoms with Crippen molar-refractivity contribution >= 4 is 42.3 Å². The summed E-state index contributed by atoms with van der Waals surface area (Å²) in [6, 6.07) is 13.0. The standard InChI is InChI=1S/C23H24N4O3S2/c1-16-17(2)31-22-21(16)23(28)26(14-24-22)15-25-9-11-27(12-10-25)32(29,30)20-8-7-18-5-3-4-6-19(18)13-20/h3-8,13-14H,9-12,15H2,1-2H3. The van der Waals surface area contributed by atoms with Gasteiger partial charge in [-0.15, -0.1) is 11.3 Å². The zero-order valence-corrected chi connectivity index (χ0v) is 19.6. The zero-order chi connectivity index (χ0) is 22.5. The van der Waals surface area contributed by atoms with Crippen LogP contribution in [0.5, 0.6) is 0 Å². The molecule has 1 aliphatic rings. The van der Waals surface area contributed by atoms with Crippen molar-refractivity contribution in [1.82, 2.24) is 18.8 Å². The van der Waals surface area contributed by atoms with E-state index in [2.05, 4.69) is 9.88 Å². The fourth-order valence-electron chi connectivity index (χ4n) is 4.17. The van der Waals surface area contributed by atoms with Crippen LogP contribution in [0.25, 0.3) is 21.0 Å². The van der Waals surface area contributed by atoms with E-state index in [1.54, 1.807) is 23.0 Å². The van der Waals surface area contributed by atoms with Gasteiger partial charge in [0, 0.05) is 31.1 Å². The van der Waals surface area contributed by atoms with Crippen molar-refractivity contribution in [3.8, 4) is 0 Å². The SMILES string of the molecule is Cc1sc2ncn(CN3CCN(S(=O)(=O)c4ccc5ccccc5c4)CC3)c(=O)c2c1C. The Bertz CT molecular complexity index is 1480. The molecule has 3 heterocycles. The Labute approximate surface area is 190 Å². The fourth-order valence-corrected chi connectivity index (χ4v) is 6.62. The van der Waals surface area contributed by atoms with Crippen LogP contribution in [-0.4, -0.2) is 53.4 Å². The topological polar surface area (TPSA) is 75.5 Å². The first-order chi connectivity index (χ1) is 15.3. The number of aromatic nitrogens is 2. The highest BCUT2D eigenvalue weighted by atomic mass is 32.2. The Morgan fingerprint density at radius 3 is 2.47 bits per heavy atom. The van der Waals surface area contributed by atoms with Crippen LogP contribution in [0, 0.1) is 13.8 Å². The Morgan fingerprint density at radius 2 is 1.72 bits per heavy atom. The van der Waals surface area contributed by atoms with Crippen molar-refractivity contribution in [2.75, 3.05) is 26.2 Å². The van der Waals surface area contributed by atoms with Gasteiger partial charge in [-0.25, -0.2) is 13.4 Å². The lowest BCUT2D eigenvalue weighted by atomic mass is 10.1. The summed E-state index contributed by atoms with van der Waals surface area (Å²) in [5.74, 6) is 0. The Hall–Kier alpha value is -2.59. The first-order valence-corrected chi connectivity index (χ1v) is 12.8. The highest BCUT2D eigenvalue weighted by Crippen LogP contribution is 2.26. The summed E-state index contributed by atoms with van der Waals surface area (Å²) in [7, 11) is -3.56. The van der Waals surface area contributed by atoms with Gasteiger partial charge in [-0.2, -0.15) is 4.31 Å². The van der Waals surface area contributed by atoms with Crippen molar-refractivity contribution in [2.24, 2.45) is 0 Å². The zero-order valence-electron chi connectivity index (χ0n) is 18.0. The molecule has 1 aliphatic heterocycles. The van der Waals surface area contributed by atoms with Crippen LogP contribution in [0.3, 0.4) is 0 Å². The van der Waals surface area contributed by atoms with Crippen LogP contribution in [0.2, 0.25) is 0 Å². The van der Waals surface area contributed by atoms with Gasteiger partial charge in [0.05, 0.1) is 17.0 Å². The Morgan fingerprint density at radius 1 is 1.00 bits per heavy atom. The van der Waals surface area contributed by atoms with Crippen molar-refractivity contribution in [2.45, 2.75) is 25.4 Å². The number of aryl methyl sites for hydroxylation is 2. The molecule has 1 saturated heterocycles. The number of benzene rings is 2. The van der Waals surface area contributed by atoms with Gasteiger partial charge < -0.3 is 0 Å². The van der Waals surface area contributed by atoms with Gasteiger partial charge in [0.25, 0.3) is 5.56 Å². The lowest BCUT2D eigenvalue weighted by Gasteiger charge is -2.34. The van der Waals surface area contributed by atoms with E-state index in [1.807, 2.05) is 44.2 Å². The second-order valence-electron chi connectivity index (χ2n) is 8.16. The summed E-state index contributed by atoms with van der Waals surface area (Å²) in [6.45, 7) is 6.24. The molecular formula is C23H24N4O3S2. The molecule has 0 N–H and O–H groups in total. The third-order valence-corrected chi connectivity index (χ3v) is 9.21. The van der Waals surface area contributed by atoms with E-state index >= 15 is 0 Å². The van der Waals surface area contributed by atoms with Gasteiger partial charge in [0.15, 0.2) is 0 Å². The van der Waals surface area contributed by atoms with Crippen LogP contribution < -0.4 is 5.56 Å². The van der Waals surface area contributed by atoms with Gasteiger partial charge in [-0.3, -0.25) is 14.3 Å². The predicted octanol–water partition coefficient (Wildman–Crippen LogP) is 3.19. The van der Waals surface area contributed by atoms with Crippen LogP contribution in [0.15, 0.2) is 58.5 Å². The summed E-state index contributed by atoms with van der Waals surface area (Å²) < 4.78 is 29.5. The third-order valence-electron chi connectivity index (χ3n) is 6.20. The minimum Gasteiger partial charge on any atom is -0.285 e. The molecule has 1 fully saturated rings. The highest BCUT2D eigenvalue weighted by Gasteiger charge is 2.29. The molecule has 32 heavy (non-hydrogen) atoms. The average Bonchev–Trinajstić information content (AvgIpc) is 3.10. The maximum absolute atomic E-state index is 13.2. The quantitative estimate of drug-likeness (QED) is 0.460. The third kappa shape index (κ3) is 3.65. The molecule has 7 nitrogen and oxygen atoms in total. The Kier molecular flexibility index (Phi) is 5.37. The molecule has 9 heteroatoms. The monoisotopic (exact) mass is 468 g/mol. The molecule has 0 aliphatic carbocycles. The largest absolute Gasteiger partial charge is 0.285 e. The van der Waals surface area contributed by atoms with E-state index in [0.717, 1.165) is 26.0 Å². The van der Waals surface area contributed by atoms with E-state index in [0.29, 0.717) is 43.1 Å². The number of sulfonamides is 1. The number of hydrogen-bond acceptors (Lipinski definition) is 6. The minimum absolute atomic E-state index is 0.0388. The molecule has 0 unspecified atom stereocenters. The molecule has 0 atom stereocenters. The number of nitrogens with zero attached hydrogens (tertiary/aromatic N) is 4. The molecule has 166 valence electrons. The second kappa shape index (κ2) is 8.08. The molecule has 2 aromatic heterocycles. The molecule has 0 amide bonds. The van der Waals surface area contributed by atoms with E-state index in [1.165, 1.54) is 15.6 Å². The van der Waals surface area contributed by atoms with Crippen LogP contribution >= 0.6 is 11.3 Å². The van der Waals surface area contributed by atoms with E-state index in [9.17, 15) is 13.2 Å². The number of rotatable bonds is 4. The maximum atomic E-state index is 13.2. The van der Waals surface area contributed by atoms with E-state index < -0.39 is 10.0 Å². The van der Waals surface area contributed by atoms with Gasteiger partial charge in [-0.1, -0.05) is 30.3 Å². The summed E-state index contributed by atoms with van der Waals surface area (Å²) in [4.78, 5) is 21.7. The normalized spacial score (nSPS) is 16.2. The van der Waals surface area contributed by atoms with Gasteiger partial charge in [-0.05, 0) is 42.3 Å². The smallest absolute Gasteiger partial charge is 0.263 e. The molecule has 0 bridgehead atoms. The van der Waals surface area contributed by atoms with Crippen molar-refractivity contribution in [1.29, 1.82) is 0 Å². The molecule has 0 radical (unpaired) electrons. The molecule has 0 spiro atoms.